The molecule has 6 nitrogen and oxygen atoms in total. The number of piperidine rings is 1. The highest BCUT2D eigenvalue weighted by molar-refractivity contribution is 5.51. The van der Waals surface area contributed by atoms with Gasteiger partial charge in [0.15, 0.2) is 11.6 Å². The van der Waals surface area contributed by atoms with E-state index in [0.717, 1.165) is 31.5 Å². The lowest BCUT2D eigenvalue weighted by Gasteiger charge is -2.45. The minimum Gasteiger partial charge on any atom is -0.493 e. The van der Waals surface area contributed by atoms with E-state index >= 15 is 4.39 Å². The van der Waals surface area contributed by atoms with Crippen molar-refractivity contribution in [2.75, 3.05) is 20.2 Å². The highest BCUT2D eigenvalue weighted by Gasteiger charge is 2.47. The Morgan fingerprint density at radius 1 is 1.14 bits per heavy atom. The number of hydrogen-bond donors (Lipinski definition) is 2. The molecule has 2 aliphatic heterocycles. The van der Waals surface area contributed by atoms with Crippen LogP contribution in [0.15, 0.2) is 6.07 Å². The van der Waals surface area contributed by atoms with Gasteiger partial charge in [-0.05, 0) is 70.1 Å². The minimum atomic E-state index is -2.37. The first kappa shape index (κ1) is 20.8. The van der Waals surface area contributed by atoms with Crippen molar-refractivity contribution in [2.24, 2.45) is 5.92 Å². The lowest BCUT2D eigenvalue weighted by atomic mass is 9.85. The van der Waals surface area contributed by atoms with Crippen molar-refractivity contribution in [2.45, 2.75) is 76.6 Å². The monoisotopic (exact) mass is 409 g/mol. The van der Waals surface area contributed by atoms with Crippen LogP contribution in [-0.4, -0.2) is 53.0 Å². The summed E-state index contributed by atoms with van der Waals surface area (Å²) in [5.41, 5.74) is 1.30. The summed E-state index contributed by atoms with van der Waals surface area (Å²) in [5, 5.41) is 20.3. The zero-order valence-electron chi connectivity index (χ0n) is 17.7. The molecule has 0 spiro atoms. The fraction of sp³-hybridized carbons (Fsp3) is 0.727. The number of nitrogens with zero attached hydrogens (tertiary/aromatic N) is 1. The van der Waals surface area contributed by atoms with E-state index < -0.39 is 17.7 Å². The number of halogens is 1. The summed E-state index contributed by atoms with van der Waals surface area (Å²) in [6, 6.07) is 1.91. The minimum absolute atomic E-state index is 0.104. The molecule has 2 fully saturated rings. The van der Waals surface area contributed by atoms with Crippen molar-refractivity contribution in [3.05, 3.63) is 23.0 Å². The summed E-state index contributed by atoms with van der Waals surface area (Å²) < 4.78 is 32.3. The van der Waals surface area contributed by atoms with Crippen LogP contribution in [0.2, 0.25) is 0 Å². The largest absolute Gasteiger partial charge is 0.493 e. The molecule has 2 unspecified atom stereocenters. The highest BCUT2D eigenvalue weighted by atomic mass is 19.1. The fourth-order valence-electron chi connectivity index (χ4n) is 4.61. The van der Waals surface area contributed by atoms with Crippen LogP contribution in [0.5, 0.6) is 11.5 Å². The summed E-state index contributed by atoms with van der Waals surface area (Å²) in [5.74, 6) is -3.31. The molecule has 1 aromatic carbocycles. The highest BCUT2D eigenvalue weighted by Crippen LogP contribution is 2.47. The molecular formula is C22H32FNO5. The van der Waals surface area contributed by atoms with Crippen molar-refractivity contribution < 1.29 is 28.8 Å². The number of methoxy groups -OCH3 is 1. The van der Waals surface area contributed by atoms with Gasteiger partial charge in [-0.15, -0.1) is 0 Å². The van der Waals surface area contributed by atoms with Gasteiger partial charge in [-0.25, -0.2) is 4.39 Å². The molecule has 7 heteroatoms. The maximum atomic E-state index is 15.4. The third-order valence-corrected chi connectivity index (χ3v) is 6.07. The maximum Gasteiger partial charge on any atom is 0.325 e. The third-order valence-electron chi connectivity index (χ3n) is 6.07. The van der Waals surface area contributed by atoms with Crippen molar-refractivity contribution in [1.29, 1.82) is 0 Å². The molecule has 1 saturated carbocycles. The van der Waals surface area contributed by atoms with Gasteiger partial charge < -0.3 is 24.4 Å². The lowest BCUT2D eigenvalue weighted by molar-refractivity contribution is -0.306. The van der Waals surface area contributed by atoms with Crippen LogP contribution < -0.4 is 9.47 Å². The zero-order valence-corrected chi connectivity index (χ0v) is 17.7. The van der Waals surface area contributed by atoms with Crippen LogP contribution in [0, 0.1) is 11.7 Å². The van der Waals surface area contributed by atoms with Gasteiger partial charge >= 0.3 is 5.97 Å². The standard InChI is InChI=1S/C22H32FNO5/c1-21(2,3)28-14-7-8-17-16-11-18(27-4)20(29-22(25,26)13-5-6-13)19(23)15(16)9-10-24(17)12-14/h11,13-14,17,25-26H,5-10,12H2,1-4H3. The van der Waals surface area contributed by atoms with Crippen LogP contribution in [-0.2, 0) is 11.2 Å². The average Bonchev–Trinajstić information content (AvgIpc) is 3.47. The summed E-state index contributed by atoms with van der Waals surface area (Å²) in [6.07, 6.45) is 3.80. The normalized spacial score (nSPS) is 25.3. The Balaban J connectivity index is 1.60. The molecule has 1 aliphatic carbocycles. The van der Waals surface area contributed by atoms with Crippen molar-refractivity contribution >= 4 is 0 Å². The number of aliphatic hydroxyl groups is 2. The van der Waals surface area contributed by atoms with E-state index in [1.54, 1.807) is 6.07 Å². The number of benzene rings is 1. The van der Waals surface area contributed by atoms with Crippen LogP contribution in [0.4, 0.5) is 4.39 Å². The summed E-state index contributed by atoms with van der Waals surface area (Å²) in [6.45, 7) is 7.75. The Bertz CT molecular complexity index is 771. The molecule has 2 atom stereocenters. The molecule has 0 radical (unpaired) electrons. The quantitative estimate of drug-likeness (QED) is 0.728. The van der Waals surface area contributed by atoms with Gasteiger partial charge in [0.25, 0.3) is 0 Å². The Morgan fingerprint density at radius 3 is 2.48 bits per heavy atom. The third kappa shape index (κ3) is 4.24. The van der Waals surface area contributed by atoms with E-state index in [9.17, 15) is 10.2 Å². The molecule has 162 valence electrons. The van der Waals surface area contributed by atoms with Gasteiger partial charge in [-0.3, -0.25) is 4.90 Å². The van der Waals surface area contributed by atoms with Crippen LogP contribution >= 0.6 is 0 Å². The maximum absolute atomic E-state index is 15.4. The van der Waals surface area contributed by atoms with Gasteiger partial charge in [0, 0.05) is 19.1 Å². The SMILES string of the molecule is COc1cc2c(c(F)c1OC(O)(O)C1CC1)CCN1CC(OC(C)(C)C)CCC21. The van der Waals surface area contributed by atoms with Gasteiger partial charge in [-0.1, -0.05) is 0 Å². The first-order chi connectivity index (χ1) is 13.6. The zero-order chi connectivity index (χ0) is 21.0. The second-order valence-electron chi connectivity index (χ2n) is 9.51. The van der Waals surface area contributed by atoms with E-state index in [4.69, 9.17) is 14.2 Å². The molecule has 2 N–H and O–H groups in total. The predicted octanol–water partition coefficient (Wildman–Crippen LogP) is 3.14. The van der Waals surface area contributed by atoms with Gasteiger partial charge in [0.05, 0.1) is 24.7 Å². The average molecular weight is 409 g/mol. The van der Waals surface area contributed by atoms with Crippen molar-refractivity contribution in [1.82, 2.24) is 4.90 Å². The molecule has 29 heavy (non-hydrogen) atoms. The molecular weight excluding hydrogens is 377 g/mol. The topological polar surface area (TPSA) is 71.4 Å². The molecule has 0 aromatic heterocycles. The molecule has 0 bridgehead atoms. The van der Waals surface area contributed by atoms with Crippen molar-refractivity contribution in [3.8, 4) is 11.5 Å². The summed E-state index contributed by atoms with van der Waals surface area (Å²) in [4.78, 5) is 2.36. The molecule has 3 aliphatic rings. The predicted molar refractivity (Wildman–Crippen MR) is 105 cm³/mol. The fourth-order valence-corrected chi connectivity index (χ4v) is 4.61. The van der Waals surface area contributed by atoms with Gasteiger partial charge in [0.1, 0.15) is 0 Å². The number of rotatable bonds is 5. The lowest BCUT2D eigenvalue weighted by Crippen LogP contribution is -2.47. The smallest absolute Gasteiger partial charge is 0.325 e. The van der Waals surface area contributed by atoms with E-state index in [2.05, 4.69) is 25.7 Å². The first-order valence-electron chi connectivity index (χ1n) is 10.5. The summed E-state index contributed by atoms with van der Waals surface area (Å²) in [7, 11) is 1.44. The second kappa shape index (κ2) is 7.38. The Kier molecular flexibility index (Phi) is 5.30. The van der Waals surface area contributed by atoms with E-state index in [1.165, 1.54) is 7.11 Å². The van der Waals surface area contributed by atoms with Crippen LogP contribution in [0.25, 0.3) is 0 Å². The Labute approximate surface area is 171 Å². The first-order valence-corrected chi connectivity index (χ1v) is 10.5. The van der Waals surface area contributed by atoms with E-state index in [-0.39, 0.29) is 29.2 Å². The number of fused-ring (bicyclic) bond motifs is 3. The van der Waals surface area contributed by atoms with Crippen LogP contribution in [0.1, 0.15) is 63.6 Å². The van der Waals surface area contributed by atoms with E-state index in [0.29, 0.717) is 24.8 Å². The van der Waals surface area contributed by atoms with Gasteiger partial charge in [-0.2, -0.15) is 0 Å². The second-order valence-corrected chi connectivity index (χ2v) is 9.51. The van der Waals surface area contributed by atoms with Crippen molar-refractivity contribution in [3.63, 3.8) is 0 Å². The van der Waals surface area contributed by atoms with Crippen LogP contribution in [0.3, 0.4) is 0 Å². The van der Waals surface area contributed by atoms with Gasteiger partial charge in [0.2, 0.25) is 5.75 Å². The molecule has 1 aromatic rings. The molecule has 1 saturated heterocycles. The summed E-state index contributed by atoms with van der Waals surface area (Å²) >= 11 is 0. The van der Waals surface area contributed by atoms with E-state index in [1.807, 2.05) is 0 Å². The number of hydrogen-bond acceptors (Lipinski definition) is 6. The molecule has 0 amide bonds. The molecule has 4 rings (SSSR count). The molecule has 2 heterocycles. The Morgan fingerprint density at radius 2 is 1.86 bits per heavy atom. The number of ether oxygens (including phenoxy) is 3. The Hall–Kier alpha value is -1.41.